The number of hydrogen-bond acceptors (Lipinski definition) is 7. The van der Waals surface area contributed by atoms with Gasteiger partial charge < -0.3 is 19.7 Å². The molecule has 7 nitrogen and oxygen atoms in total. The van der Waals surface area contributed by atoms with E-state index in [-0.39, 0.29) is 17.0 Å². The van der Waals surface area contributed by atoms with Gasteiger partial charge in [-0.1, -0.05) is 0 Å². The van der Waals surface area contributed by atoms with Crippen LogP contribution in [0.1, 0.15) is 46.7 Å². The first-order valence-electron chi connectivity index (χ1n) is 8.27. The summed E-state index contributed by atoms with van der Waals surface area (Å²) in [6.45, 7) is 9.38. The molecule has 26 heavy (non-hydrogen) atoms. The van der Waals surface area contributed by atoms with Crippen molar-refractivity contribution in [2.24, 2.45) is 4.99 Å². The second kappa shape index (κ2) is 7.08. The van der Waals surface area contributed by atoms with Crippen LogP contribution in [-0.2, 0) is 9.53 Å². The van der Waals surface area contributed by atoms with Crippen LogP contribution in [0.4, 0.5) is 0 Å². The number of aromatic nitrogens is 1. The first-order valence-corrected chi connectivity index (χ1v) is 9.26. The fourth-order valence-corrected chi connectivity index (χ4v) is 4.00. The van der Waals surface area contributed by atoms with Crippen molar-refractivity contribution in [2.45, 2.75) is 57.8 Å². The summed E-state index contributed by atoms with van der Waals surface area (Å²) in [6, 6.07) is 1.48. The molecule has 1 atom stereocenters. The lowest BCUT2D eigenvalue weighted by Crippen LogP contribution is -2.38. The van der Waals surface area contributed by atoms with Gasteiger partial charge >= 0.3 is 5.97 Å². The highest BCUT2D eigenvalue weighted by Crippen LogP contribution is 2.35. The fraction of sp³-hybridized carbons (Fsp3) is 0.611. The van der Waals surface area contributed by atoms with Crippen LogP contribution in [0.5, 0.6) is 11.5 Å². The van der Waals surface area contributed by atoms with Crippen LogP contribution in [0, 0.1) is 0 Å². The molecule has 1 aromatic rings. The highest BCUT2D eigenvalue weighted by molar-refractivity contribution is 8.14. The second-order valence-electron chi connectivity index (χ2n) is 7.83. The van der Waals surface area contributed by atoms with Crippen molar-refractivity contribution in [3.05, 3.63) is 18.0 Å². The van der Waals surface area contributed by atoms with Gasteiger partial charge in [-0.2, -0.15) is 0 Å². The summed E-state index contributed by atoms with van der Waals surface area (Å²) in [7, 11) is 1.66. The SMILES string of the molecule is COC(C)(C)CC(C)(C)Oc1cnc(C2=NC(C)(C(=O)O)CS2)c(O)c1. The number of rotatable bonds is 7. The van der Waals surface area contributed by atoms with E-state index in [1.807, 2.05) is 27.7 Å². The van der Waals surface area contributed by atoms with Crippen LogP contribution in [-0.4, -0.2) is 55.8 Å². The van der Waals surface area contributed by atoms with Gasteiger partial charge in [0.2, 0.25) is 0 Å². The molecule has 1 aromatic heterocycles. The van der Waals surface area contributed by atoms with E-state index in [0.717, 1.165) is 0 Å². The van der Waals surface area contributed by atoms with Gasteiger partial charge in [0.1, 0.15) is 27.8 Å². The second-order valence-corrected chi connectivity index (χ2v) is 8.79. The molecule has 1 aliphatic heterocycles. The summed E-state index contributed by atoms with van der Waals surface area (Å²) >= 11 is 1.26. The largest absolute Gasteiger partial charge is 0.505 e. The highest BCUT2D eigenvalue weighted by atomic mass is 32.2. The van der Waals surface area contributed by atoms with Crippen molar-refractivity contribution in [1.82, 2.24) is 4.98 Å². The average molecular weight is 382 g/mol. The van der Waals surface area contributed by atoms with Gasteiger partial charge in [0, 0.05) is 25.3 Å². The number of aliphatic carboxylic acids is 1. The zero-order valence-electron chi connectivity index (χ0n) is 16.0. The minimum Gasteiger partial charge on any atom is -0.505 e. The molecule has 0 saturated heterocycles. The lowest BCUT2D eigenvalue weighted by atomic mass is 9.92. The van der Waals surface area contributed by atoms with Crippen molar-refractivity contribution in [1.29, 1.82) is 0 Å². The molecule has 1 aliphatic rings. The number of methoxy groups -OCH3 is 1. The minimum atomic E-state index is -1.20. The quantitative estimate of drug-likeness (QED) is 0.747. The molecule has 0 amide bonds. The molecule has 0 aromatic carbocycles. The summed E-state index contributed by atoms with van der Waals surface area (Å²) in [4.78, 5) is 19.8. The minimum absolute atomic E-state index is 0.0924. The molecule has 0 aliphatic carbocycles. The molecule has 8 heteroatoms. The lowest BCUT2D eigenvalue weighted by Gasteiger charge is -2.34. The Kier molecular flexibility index (Phi) is 5.58. The topological polar surface area (TPSA) is 101 Å². The van der Waals surface area contributed by atoms with E-state index in [1.54, 1.807) is 14.0 Å². The molecule has 0 spiro atoms. The van der Waals surface area contributed by atoms with Crippen LogP contribution in [0.15, 0.2) is 17.3 Å². The Morgan fingerprint density at radius 1 is 1.35 bits per heavy atom. The maximum Gasteiger partial charge on any atom is 0.332 e. The van der Waals surface area contributed by atoms with E-state index in [0.29, 0.717) is 23.0 Å². The standard InChI is InChI=1S/C18H26N2O5S/c1-16(2,24-6)9-17(3,4)25-11-7-12(21)13(19-8-11)14-20-18(5,10-26-14)15(22)23/h7-8,21H,9-10H2,1-6H3,(H,22,23). The number of hydrogen-bond donors (Lipinski definition) is 2. The molecule has 2 rings (SSSR count). The molecule has 2 N–H and O–H groups in total. The summed E-state index contributed by atoms with van der Waals surface area (Å²) in [5.41, 5.74) is -1.81. The van der Waals surface area contributed by atoms with E-state index >= 15 is 0 Å². The molecule has 2 heterocycles. The van der Waals surface area contributed by atoms with Crippen LogP contribution < -0.4 is 4.74 Å². The Bertz CT molecular complexity index is 732. The number of aromatic hydroxyl groups is 1. The van der Waals surface area contributed by atoms with Crippen molar-refractivity contribution >= 4 is 22.8 Å². The van der Waals surface area contributed by atoms with Crippen LogP contribution in [0.2, 0.25) is 0 Å². The summed E-state index contributed by atoms with van der Waals surface area (Å²) in [5, 5.41) is 20.0. The Morgan fingerprint density at radius 2 is 2.00 bits per heavy atom. The van der Waals surface area contributed by atoms with Gasteiger partial charge in [-0.3, -0.25) is 4.99 Å². The van der Waals surface area contributed by atoms with Crippen molar-refractivity contribution in [3.8, 4) is 11.5 Å². The zero-order chi connectivity index (χ0) is 19.8. The van der Waals surface area contributed by atoms with Gasteiger partial charge in [0.15, 0.2) is 5.54 Å². The number of carboxylic acid groups (broad SMARTS) is 1. The average Bonchev–Trinajstić information content (AvgIpc) is 2.89. The number of nitrogens with zero attached hydrogens (tertiary/aromatic N) is 2. The molecule has 1 unspecified atom stereocenters. The number of pyridine rings is 1. The summed E-state index contributed by atoms with van der Waals surface area (Å²) in [5.74, 6) is -0.365. The van der Waals surface area contributed by atoms with Crippen LogP contribution >= 0.6 is 11.8 Å². The van der Waals surface area contributed by atoms with E-state index in [2.05, 4.69) is 9.98 Å². The molecular weight excluding hydrogens is 356 g/mol. The van der Waals surface area contributed by atoms with Crippen LogP contribution in [0.25, 0.3) is 0 Å². The van der Waals surface area contributed by atoms with Gasteiger partial charge in [-0.05, 0) is 34.6 Å². The monoisotopic (exact) mass is 382 g/mol. The molecule has 0 radical (unpaired) electrons. The number of carboxylic acids is 1. The fourth-order valence-electron chi connectivity index (χ4n) is 2.84. The predicted molar refractivity (Wildman–Crippen MR) is 101 cm³/mol. The van der Waals surface area contributed by atoms with E-state index < -0.39 is 17.1 Å². The Hall–Kier alpha value is -1.80. The molecule has 0 bridgehead atoms. The zero-order valence-corrected chi connectivity index (χ0v) is 16.8. The molecular formula is C18H26N2O5S. The Morgan fingerprint density at radius 3 is 2.50 bits per heavy atom. The van der Waals surface area contributed by atoms with Gasteiger partial charge in [0.05, 0.1) is 11.8 Å². The smallest absolute Gasteiger partial charge is 0.332 e. The van der Waals surface area contributed by atoms with Gasteiger partial charge in [0.25, 0.3) is 0 Å². The van der Waals surface area contributed by atoms with E-state index in [1.165, 1.54) is 24.0 Å². The predicted octanol–water partition coefficient (Wildman–Crippen LogP) is 3.10. The number of thioether (sulfide) groups is 1. The van der Waals surface area contributed by atoms with Gasteiger partial charge in [-0.25, -0.2) is 9.78 Å². The summed E-state index contributed by atoms with van der Waals surface area (Å²) < 4.78 is 11.4. The first kappa shape index (κ1) is 20.5. The van der Waals surface area contributed by atoms with Crippen LogP contribution in [0.3, 0.4) is 0 Å². The third-order valence-corrected chi connectivity index (χ3v) is 5.41. The van der Waals surface area contributed by atoms with Crippen molar-refractivity contribution < 1.29 is 24.5 Å². The van der Waals surface area contributed by atoms with Gasteiger partial charge in [-0.15, -0.1) is 11.8 Å². The third-order valence-electron chi connectivity index (χ3n) is 4.14. The number of aliphatic imine (C=N–C) groups is 1. The van der Waals surface area contributed by atoms with Crippen molar-refractivity contribution in [2.75, 3.05) is 12.9 Å². The number of carbonyl (C=O) groups is 1. The maximum atomic E-state index is 11.3. The lowest BCUT2D eigenvalue weighted by molar-refractivity contribution is -0.141. The normalized spacial score (nSPS) is 20.8. The third kappa shape index (κ3) is 4.67. The van der Waals surface area contributed by atoms with E-state index in [4.69, 9.17) is 9.47 Å². The molecule has 144 valence electrons. The number of ether oxygens (including phenoxy) is 2. The maximum absolute atomic E-state index is 11.3. The molecule has 0 saturated carbocycles. The van der Waals surface area contributed by atoms with Crippen molar-refractivity contribution in [3.63, 3.8) is 0 Å². The Balaban J connectivity index is 2.19. The highest BCUT2D eigenvalue weighted by Gasteiger charge is 2.39. The molecule has 0 fully saturated rings. The van der Waals surface area contributed by atoms with E-state index in [9.17, 15) is 15.0 Å². The Labute approximate surface area is 157 Å². The first-order chi connectivity index (χ1) is 11.9. The summed E-state index contributed by atoms with van der Waals surface area (Å²) in [6.07, 6.45) is 2.15.